The summed E-state index contributed by atoms with van der Waals surface area (Å²) in [5.74, 6) is 0. The molecule has 6 nitrogen and oxygen atoms in total. The second kappa shape index (κ2) is 4.11. The Labute approximate surface area is 106 Å². The number of rotatable bonds is 2. The summed E-state index contributed by atoms with van der Waals surface area (Å²) in [7, 11) is -4.70. The summed E-state index contributed by atoms with van der Waals surface area (Å²) in [4.78, 5) is -2.45. The Kier molecular flexibility index (Phi) is 3.37. The van der Waals surface area contributed by atoms with Crippen molar-refractivity contribution in [2.75, 3.05) is 11.5 Å². The first-order chi connectivity index (χ1) is 7.93. The van der Waals surface area contributed by atoms with Gasteiger partial charge < -0.3 is 16.6 Å². The van der Waals surface area contributed by atoms with Crippen LogP contribution in [-0.2, 0) is 15.1 Å². The quantitative estimate of drug-likeness (QED) is 0.467. The van der Waals surface area contributed by atoms with Crippen LogP contribution < -0.4 is 11.5 Å². The van der Waals surface area contributed by atoms with Crippen molar-refractivity contribution in [3.8, 4) is 0 Å². The Balaban J connectivity index is 3.84. The summed E-state index contributed by atoms with van der Waals surface area (Å²) < 4.78 is 31.7. The Hall–Kier alpha value is -1.31. The smallest absolute Gasteiger partial charge is 0.299 e. The largest absolute Gasteiger partial charge is 0.398 e. The Morgan fingerprint density at radius 2 is 1.33 bits per heavy atom. The third kappa shape index (κ3) is 1.94. The highest BCUT2D eigenvalue weighted by Gasteiger charge is 2.41. The average molecular weight is 274 g/mol. The molecular weight excluding hydrogens is 256 g/mol. The Morgan fingerprint density at radius 1 is 1.00 bits per heavy atom. The minimum Gasteiger partial charge on any atom is -0.398 e. The van der Waals surface area contributed by atoms with E-state index in [9.17, 15) is 13.5 Å². The Morgan fingerprint density at radius 3 is 1.61 bits per heavy atom. The summed E-state index contributed by atoms with van der Waals surface area (Å²) in [6.07, 6.45) is 0. The van der Waals surface area contributed by atoms with Crippen molar-refractivity contribution in [2.24, 2.45) is 0 Å². The van der Waals surface area contributed by atoms with Crippen LogP contribution in [0.4, 0.5) is 11.4 Å². The van der Waals surface area contributed by atoms with Gasteiger partial charge >= 0.3 is 0 Å². The third-order valence-electron chi connectivity index (χ3n) is 3.33. The lowest BCUT2D eigenvalue weighted by Gasteiger charge is -2.27. The molecule has 0 spiro atoms. The van der Waals surface area contributed by atoms with Crippen LogP contribution in [0.1, 0.15) is 29.2 Å². The molecular formula is C11H18N2O4S. The van der Waals surface area contributed by atoms with Gasteiger partial charge in [-0.05, 0) is 44.4 Å². The predicted octanol–water partition coefficient (Wildman–Crippen LogP) is 0.829. The van der Waals surface area contributed by atoms with Gasteiger partial charge in [-0.1, -0.05) is 0 Å². The molecule has 1 unspecified atom stereocenters. The molecule has 0 aliphatic heterocycles. The van der Waals surface area contributed by atoms with Crippen LogP contribution in [0.5, 0.6) is 0 Å². The summed E-state index contributed by atoms with van der Waals surface area (Å²) in [5, 5.41) is 10.1. The average Bonchev–Trinajstić information content (AvgIpc) is 2.22. The standard InChI is InChI=1S/C11H18N2O4S/c1-5-8(11(4,14)18(15,16)17)6(2)10(13)7(3)9(5)12/h14H,12-13H2,1-4H3,(H,15,16,17). The van der Waals surface area contributed by atoms with Crippen molar-refractivity contribution in [3.63, 3.8) is 0 Å². The number of anilines is 2. The zero-order valence-corrected chi connectivity index (χ0v) is 11.6. The zero-order chi connectivity index (χ0) is 14.5. The van der Waals surface area contributed by atoms with Crippen molar-refractivity contribution in [2.45, 2.75) is 32.6 Å². The molecule has 102 valence electrons. The maximum atomic E-state index is 11.3. The number of nitrogen functional groups attached to an aromatic ring is 2. The van der Waals surface area contributed by atoms with E-state index in [4.69, 9.17) is 16.0 Å². The summed E-state index contributed by atoms with van der Waals surface area (Å²) in [5.41, 5.74) is 13.7. The highest BCUT2D eigenvalue weighted by atomic mass is 32.2. The molecule has 0 bridgehead atoms. The van der Waals surface area contributed by atoms with Crippen molar-refractivity contribution < 1.29 is 18.1 Å². The highest BCUT2D eigenvalue weighted by Crippen LogP contribution is 2.39. The molecule has 18 heavy (non-hydrogen) atoms. The number of nitrogens with two attached hydrogens (primary N) is 2. The molecule has 0 amide bonds. The van der Waals surface area contributed by atoms with Crippen molar-refractivity contribution in [1.82, 2.24) is 0 Å². The lowest BCUT2D eigenvalue weighted by Crippen LogP contribution is -2.34. The van der Waals surface area contributed by atoms with E-state index in [-0.39, 0.29) is 5.56 Å². The summed E-state index contributed by atoms with van der Waals surface area (Å²) >= 11 is 0. The topological polar surface area (TPSA) is 127 Å². The van der Waals surface area contributed by atoms with Gasteiger partial charge in [-0.25, -0.2) is 0 Å². The van der Waals surface area contributed by atoms with E-state index < -0.39 is 15.1 Å². The Bertz CT molecular complexity index is 577. The maximum Gasteiger partial charge on any atom is 0.299 e. The molecule has 1 rings (SSSR count). The molecule has 0 fully saturated rings. The number of benzene rings is 1. The molecule has 0 saturated carbocycles. The number of aliphatic hydroxyl groups is 1. The number of hydrogen-bond donors (Lipinski definition) is 4. The molecule has 0 radical (unpaired) electrons. The predicted molar refractivity (Wildman–Crippen MR) is 70.6 cm³/mol. The van der Waals surface area contributed by atoms with Crippen LogP contribution in [0.2, 0.25) is 0 Å². The second-order valence-electron chi connectivity index (χ2n) is 4.54. The third-order valence-corrected chi connectivity index (χ3v) is 4.54. The molecule has 1 aromatic carbocycles. The van der Waals surface area contributed by atoms with Gasteiger partial charge in [0.15, 0.2) is 0 Å². The van der Waals surface area contributed by atoms with Gasteiger partial charge in [0.05, 0.1) is 0 Å². The van der Waals surface area contributed by atoms with E-state index in [1.807, 2.05) is 0 Å². The lowest BCUT2D eigenvalue weighted by molar-refractivity contribution is 0.131. The van der Waals surface area contributed by atoms with Crippen LogP contribution in [0.3, 0.4) is 0 Å². The highest BCUT2D eigenvalue weighted by molar-refractivity contribution is 7.86. The second-order valence-corrected chi connectivity index (χ2v) is 6.28. The monoisotopic (exact) mass is 274 g/mol. The van der Waals surface area contributed by atoms with E-state index in [2.05, 4.69) is 0 Å². The van der Waals surface area contributed by atoms with Crippen molar-refractivity contribution in [3.05, 3.63) is 22.3 Å². The van der Waals surface area contributed by atoms with Gasteiger partial charge in [0.25, 0.3) is 10.1 Å². The minimum atomic E-state index is -4.70. The SMILES string of the molecule is Cc1c(N)c(C)c(C(C)(O)S(=O)(=O)O)c(C)c1N. The normalized spacial score (nSPS) is 15.4. The fourth-order valence-corrected chi connectivity index (χ4v) is 2.65. The van der Waals surface area contributed by atoms with Gasteiger partial charge in [-0.3, -0.25) is 4.55 Å². The molecule has 6 N–H and O–H groups in total. The van der Waals surface area contributed by atoms with E-state index in [0.717, 1.165) is 6.92 Å². The van der Waals surface area contributed by atoms with Gasteiger partial charge in [0.2, 0.25) is 4.93 Å². The van der Waals surface area contributed by atoms with Gasteiger partial charge in [-0.15, -0.1) is 0 Å². The summed E-state index contributed by atoms with van der Waals surface area (Å²) in [6.45, 7) is 5.84. The van der Waals surface area contributed by atoms with E-state index in [1.165, 1.54) is 0 Å². The molecule has 1 aromatic rings. The van der Waals surface area contributed by atoms with Crippen LogP contribution in [-0.4, -0.2) is 18.1 Å². The first-order valence-electron chi connectivity index (χ1n) is 5.27. The van der Waals surface area contributed by atoms with Crippen LogP contribution in [0, 0.1) is 20.8 Å². The fraction of sp³-hybridized carbons (Fsp3) is 0.455. The summed E-state index contributed by atoms with van der Waals surface area (Å²) in [6, 6.07) is 0. The van der Waals surface area contributed by atoms with Crippen LogP contribution in [0.25, 0.3) is 0 Å². The first kappa shape index (κ1) is 14.7. The van der Waals surface area contributed by atoms with Gasteiger partial charge in [-0.2, -0.15) is 8.42 Å². The number of hydrogen-bond acceptors (Lipinski definition) is 5. The molecule has 1 atom stereocenters. The molecule has 0 heterocycles. The first-order valence-corrected chi connectivity index (χ1v) is 6.71. The van der Waals surface area contributed by atoms with Crippen molar-refractivity contribution >= 4 is 21.5 Å². The van der Waals surface area contributed by atoms with Gasteiger partial charge in [0.1, 0.15) is 0 Å². The van der Waals surface area contributed by atoms with Gasteiger partial charge in [0, 0.05) is 16.9 Å². The maximum absolute atomic E-state index is 11.3. The van der Waals surface area contributed by atoms with Crippen LogP contribution >= 0.6 is 0 Å². The van der Waals surface area contributed by atoms with E-state index in [0.29, 0.717) is 28.1 Å². The lowest BCUT2D eigenvalue weighted by atomic mass is 9.92. The zero-order valence-electron chi connectivity index (χ0n) is 10.8. The molecule has 0 aliphatic rings. The molecule has 0 saturated heterocycles. The fourth-order valence-electron chi connectivity index (χ4n) is 2.08. The molecule has 7 heteroatoms. The van der Waals surface area contributed by atoms with Crippen molar-refractivity contribution in [1.29, 1.82) is 0 Å². The molecule has 0 aliphatic carbocycles. The van der Waals surface area contributed by atoms with Crippen LogP contribution in [0.15, 0.2) is 0 Å². The van der Waals surface area contributed by atoms with E-state index in [1.54, 1.807) is 20.8 Å². The van der Waals surface area contributed by atoms with E-state index >= 15 is 0 Å². The minimum absolute atomic E-state index is 0.0191. The molecule has 0 aromatic heterocycles.